The molecular formula is C18H28N4O2. The van der Waals surface area contributed by atoms with Gasteiger partial charge in [-0.3, -0.25) is 4.79 Å². The fourth-order valence-electron chi connectivity index (χ4n) is 3.96. The van der Waals surface area contributed by atoms with Crippen molar-refractivity contribution in [2.75, 3.05) is 39.8 Å². The summed E-state index contributed by atoms with van der Waals surface area (Å²) in [6.07, 6.45) is 5.40. The zero-order chi connectivity index (χ0) is 17.1. The van der Waals surface area contributed by atoms with E-state index in [2.05, 4.69) is 28.7 Å². The number of likely N-dealkylation sites (tertiary alicyclic amines) is 2. The number of aromatic nitrogens is 2. The summed E-state index contributed by atoms with van der Waals surface area (Å²) in [5, 5.41) is 0. The SMILES string of the molecule is COc1cnc(C(=O)N2C[C@H]3CCN(CC(C)C)CC[C@H]3C2)cn1. The number of amides is 1. The summed E-state index contributed by atoms with van der Waals surface area (Å²) in [6.45, 7) is 9.76. The number of rotatable bonds is 4. The van der Waals surface area contributed by atoms with Crippen LogP contribution in [-0.4, -0.2) is 65.5 Å². The van der Waals surface area contributed by atoms with Crippen LogP contribution in [0.5, 0.6) is 5.88 Å². The lowest BCUT2D eigenvalue weighted by atomic mass is 9.92. The largest absolute Gasteiger partial charge is 0.480 e. The Morgan fingerprint density at radius 3 is 2.38 bits per heavy atom. The fraction of sp³-hybridized carbons (Fsp3) is 0.722. The molecule has 2 fully saturated rings. The maximum atomic E-state index is 12.7. The van der Waals surface area contributed by atoms with Gasteiger partial charge in [0, 0.05) is 19.6 Å². The van der Waals surface area contributed by atoms with E-state index >= 15 is 0 Å². The molecule has 24 heavy (non-hydrogen) atoms. The molecule has 0 N–H and O–H groups in total. The fourth-order valence-corrected chi connectivity index (χ4v) is 3.96. The Morgan fingerprint density at radius 1 is 1.21 bits per heavy atom. The van der Waals surface area contributed by atoms with Crippen molar-refractivity contribution < 1.29 is 9.53 Å². The van der Waals surface area contributed by atoms with E-state index in [1.54, 1.807) is 7.11 Å². The minimum Gasteiger partial charge on any atom is -0.480 e. The molecular weight excluding hydrogens is 304 g/mol. The Kier molecular flexibility index (Phi) is 5.33. The quantitative estimate of drug-likeness (QED) is 0.843. The Morgan fingerprint density at radius 2 is 1.88 bits per heavy atom. The van der Waals surface area contributed by atoms with Gasteiger partial charge in [0.25, 0.3) is 5.91 Å². The first-order valence-electron chi connectivity index (χ1n) is 8.94. The Hall–Kier alpha value is -1.69. The summed E-state index contributed by atoms with van der Waals surface area (Å²) >= 11 is 0. The van der Waals surface area contributed by atoms with Gasteiger partial charge in [0.1, 0.15) is 5.69 Å². The molecule has 0 spiro atoms. The van der Waals surface area contributed by atoms with Crippen molar-refractivity contribution in [3.63, 3.8) is 0 Å². The normalized spacial score (nSPS) is 24.8. The lowest BCUT2D eigenvalue weighted by Gasteiger charge is -2.23. The number of hydrogen-bond acceptors (Lipinski definition) is 5. The lowest BCUT2D eigenvalue weighted by Crippen LogP contribution is -2.32. The molecule has 2 atom stereocenters. The van der Waals surface area contributed by atoms with E-state index < -0.39 is 0 Å². The van der Waals surface area contributed by atoms with E-state index in [4.69, 9.17) is 4.74 Å². The molecule has 0 bridgehead atoms. The minimum atomic E-state index is -0.00253. The summed E-state index contributed by atoms with van der Waals surface area (Å²) in [6, 6.07) is 0. The molecule has 2 saturated heterocycles. The van der Waals surface area contributed by atoms with Crippen molar-refractivity contribution in [3.8, 4) is 5.88 Å². The van der Waals surface area contributed by atoms with Gasteiger partial charge in [-0.15, -0.1) is 0 Å². The van der Waals surface area contributed by atoms with Crippen molar-refractivity contribution in [2.45, 2.75) is 26.7 Å². The van der Waals surface area contributed by atoms with Crippen LogP contribution in [0.15, 0.2) is 12.4 Å². The summed E-state index contributed by atoms with van der Waals surface area (Å²) in [4.78, 5) is 25.5. The Balaban J connectivity index is 1.58. The molecule has 132 valence electrons. The monoisotopic (exact) mass is 332 g/mol. The standard InChI is InChI=1S/C18H28N4O2/c1-13(2)10-21-6-4-14-11-22(12-15(14)5-7-21)18(23)16-8-20-17(24-3)9-19-16/h8-9,13-15H,4-7,10-12H2,1-3H3/t14-,15+. The van der Waals surface area contributed by atoms with Crippen LogP contribution in [0, 0.1) is 17.8 Å². The topological polar surface area (TPSA) is 58.6 Å². The van der Waals surface area contributed by atoms with Crippen molar-refractivity contribution >= 4 is 5.91 Å². The predicted molar refractivity (Wildman–Crippen MR) is 92.0 cm³/mol. The molecule has 0 radical (unpaired) electrons. The molecule has 6 heteroatoms. The van der Waals surface area contributed by atoms with Gasteiger partial charge in [-0.2, -0.15) is 0 Å². The first kappa shape index (κ1) is 17.1. The minimum absolute atomic E-state index is 0.00253. The van der Waals surface area contributed by atoms with Crippen molar-refractivity contribution in [1.29, 1.82) is 0 Å². The Bertz CT molecular complexity index is 545. The van der Waals surface area contributed by atoms with Gasteiger partial charge >= 0.3 is 0 Å². The number of carbonyl (C=O) groups is 1. The van der Waals surface area contributed by atoms with Gasteiger partial charge in [0.2, 0.25) is 5.88 Å². The lowest BCUT2D eigenvalue weighted by molar-refractivity contribution is 0.0773. The van der Waals surface area contributed by atoms with Gasteiger partial charge in [0.15, 0.2) is 0 Å². The highest BCUT2D eigenvalue weighted by Crippen LogP contribution is 2.32. The molecule has 0 aromatic carbocycles. The first-order valence-corrected chi connectivity index (χ1v) is 8.94. The van der Waals surface area contributed by atoms with Gasteiger partial charge in [0.05, 0.1) is 19.5 Å². The van der Waals surface area contributed by atoms with Crippen LogP contribution < -0.4 is 4.74 Å². The number of nitrogens with zero attached hydrogens (tertiary/aromatic N) is 4. The molecule has 2 aliphatic heterocycles. The van der Waals surface area contributed by atoms with Crippen LogP contribution in [0.1, 0.15) is 37.2 Å². The maximum absolute atomic E-state index is 12.7. The zero-order valence-corrected chi connectivity index (χ0v) is 14.9. The zero-order valence-electron chi connectivity index (χ0n) is 14.9. The predicted octanol–water partition coefficient (Wildman–Crippen LogP) is 1.93. The van der Waals surface area contributed by atoms with Crippen molar-refractivity contribution in [2.24, 2.45) is 17.8 Å². The first-order chi connectivity index (χ1) is 11.6. The summed E-state index contributed by atoms with van der Waals surface area (Å²) < 4.78 is 5.00. The third kappa shape index (κ3) is 3.86. The van der Waals surface area contributed by atoms with E-state index in [1.165, 1.54) is 31.8 Å². The van der Waals surface area contributed by atoms with E-state index in [1.807, 2.05) is 4.90 Å². The highest BCUT2D eigenvalue weighted by molar-refractivity contribution is 5.92. The third-order valence-corrected chi connectivity index (χ3v) is 5.18. The number of hydrogen-bond donors (Lipinski definition) is 0. The van der Waals surface area contributed by atoms with E-state index in [0.717, 1.165) is 32.1 Å². The maximum Gasteiger partial charge on any atom is 0.274 e. The average molecular weight is 332 g/mol. The van der Waals surface area contributed by atoms with Crippen LogP contribution >= 0.6 is 0 Å². The molecule has 1 aromatic heterocycles. The van der Waals surface area contributed by atoms with E-state index in [0.29, 0.717) is 23.4 Å². The van der Waals surface area contributed by atoms with Gasteiger partial charge < -0.3 is 14.5 Å². The van der Waals surface area contributed by atoms with Gasteiger partial charge in [-0.1, -0.05) is 13.8 Å². The average Bonchev–Trinajstić information content (AvgIpc) is 2.91. The Labute approximate surface area is 144 Å². The van der Waals surface area contributed by atoms with Crippen molar-refractivity contribution in [1.82, 2.24) is 19.8 Å². The molecule has 0 unspecified atom stereocenters. The van der Waals surface area contributed by atoms with E-state index in [-0.39, 0.29) is 5.91 Å². The highest BCUT2D eigenvalue weighted by atomic mass is 16.5. The number of carbonyl (C=O) groups excluding carboxylic acids is 1. The van der Waals surface area contributed by atoms with Crippen LogP contribution in [0.25, 0.3) is 0 Å². The number of fused-ring (bicyclic) bond motifs is 1. The molecule has 1 amide bonds. The second-order valence-electron chi connectivity index (χ2n) is 7.45. The van der Waals surface area contributed by atoms with Gasteiger partial charge in [-0.05, 0) is 43.7 Å². The van der Waals surface area contributed by atoms with Crippen LogP contribution in [0.2, 0.25) is 0 Å². The van der Waals surface area contributed by atoms with Crippen molar-refractivity contribution in [3.05, 3.63) is 18.1 Å². The summed E-state index contributed by atoms with van der Waals surface area (Å²) in [5.41, 5.74) is 0.411. The van der Waals surface area contributed by atoms with Crippen LogP contribution in [0.4, 0.5) is 0 Å². The highest BCUT2D eigenvalue weighted by Gasteiger charge is 2.37. The third-order valence-electron chi connectivity index (χ3n) is 5.18. The molecule has 2 aliphatic rings. The second kappa shape index (κ2) is 7.47. The molecule has 0 saturated carbocycles. The molecule has 1 aromatic rings. The van der Waals surface area contributed by atoms with E-state index in [9.17, 15) is 4.79 Å². The molecule has 6 nitrogen and oxygen atoms in total. The smallest absolute Gasteiger partial charge is 0.274 e. The number of methoxy groups -OCH3 is 1. The summed E-state index contributed by atoms with van der Waals surface area (Å²) in [7, 11) is 1.54. The molecule has 3 heterocycles. The molecule has 0 aliphatic carbocycles. The molecule has 3 rings (SSSR count). The van der Waals surface area contributed by atoms with Crippen LogP contribution in [0.3, 0.4) is 0 Å². The summed E-state index contributed by atoms with van der Waals surface area (Å²) in [5.74, 6) is 2.39. The second-order valence-corrected chi connectivity index (χ2v) is 7.45. The van der Waals surface area contributed by atoms with Gasteiger partial charge in [-0.25, -0.2) is 9.97 Å². The van der Waals surface area contributed by atoms with Crippen LogP contribution in [-0.2, 0) is 0 Å². The number of ether oxygens (including phenoxy) is 1.